The van der Waals surface area contributed by atoms with E-state index >= 15 is 0 Å². The Hall–Kier alpha value is -3.80. The fraction of sp³-hybridized carbons (Fsp3) is 0.120. The van der Waals surface area contributed by atoms with Crippen molar-refractivity contribution in [1.29, 1.82) is 0 Å². The maximum atomic E-state index is 14.5. The second-order valence-electron chi connectivity index (χ2n) is 7.51. The van der Waals surface area contributed by atoms with Gasteiger partial charge in [-0.1, -0.05) is 24.3 Å². The Bertz CT molecular complexity index is 1390. The van der Waals surface area contributed by atoms with Crippen molar-refractivity contribution in [3.8, 4) is 11.3 Å². The van der Waals surface area contributed by atoms with Crippen LogP contribution in [0.2, 0.25) is 0 Å². The van der Waals surface area contributed by atoms with Crippen LogP contribution in [-0.4, -0.2) is 14.4 Å². The molecule has 5 aromatic rings. The molecule has 3 heterocycles. The molecular formula is C25H19F2N3O. The van der Waals surface area contributed by atoms with E-state index in [0.29, 0.717) is 35.4 Å². The lowest BCUT2D eigenvalue weighted by molar-refractivity contribution is 0.492. The summed E-state index contributed by atoms with van der Waals surface area (Å²) in [6.45, 7) is 1.90. The predicted octanol–water partition coefficient (Wildman–Crippen LogP) is 5.76. The summed E-state index contributed by atoms with van der Waals surface area (Å²) in [5.74, 6) is 0.998. The summed E-state index contributed by atoms with van der Waals surface area (Å²) in [6.07, 6.45) is 4.57. The highest BCUT2D eigenvalue weighted by Gasteiger charge is 2.15. The van der Waals surface area contributed by atoms with E-state index in [2.05, 4.69) is 0 Å². The van der Waals surface area contributed by atoms with Crippen molar-refractivity contribution in [2.75, 3.05) is 0 Å². The maximum absolute atomic E-state index is 14.5. The molecule has 0 aliphatic rings. The molecule has 0 unspecified atom stereocenters. The lowest BCUT2D eigenvalue weighted by Crippen LogP contribution is -2.01. The third-order valence-corrected chi connectivity index (χ3v) is 5.12. The van der Waals surface area contributed by atoms with Crippen LogP contribution in [-0.2, 0) is 12.8 Å². The van der Waals surface area contributed by atoms with Gasteiger partial charge < -0.3 is 8.82 Å². The molecule has 0 amide bonds. The molecule has 0 aliphatic heterocycles. The summed E-state index contributed by atoms with van der Waals surface area (Å²) in [7, 11) is 0. The highest BCUT2D eigenvalue weighted by molar-refractivity contribution is 5.62. The van der Waals surface area contributed by atoms with Crippen LogP contribution in [0, 0.1) is 18.6 Å². The van der Waals surface area contributed by atoms with Gasteiger partial charge in [-0.25, -0.2) is 18.7 Å². The van der Waals surface area contributed by atoms with Gasteiger partial charge in [0.25, 0.3) is 0 Å². The number of hydrogen-bond donors (Lipinski definition) is 0. The molecule has 5 rings (SSSR count). The summed E-state index contributed by atoms with van der Waals surface area (Å²) in [5.41, 5.74) is 3.78. The van der Waals surface area contributed by atoms with E-state index < -0.39 is 0 Å². The number of fused-ring (bicyclic) bond motifs is 1. The zero-order valence-electron chi connectivity index (χ0n) is 16.8. The van der Waals surface area contributed by atoms with Crippen molar-refractivity contribution >= 4 is 5.65 Å². The monoisotopic (exact) mass is 415 g/mol. The van der Waals surface area contributed by atoms with Crippen molar-refractivity contribution in [2.24, 2.45) is 0 Å². The number of aryl methyl sites for hydroxylation is 1. The van der Waals surface area contributed by atoms with Crippen LogP contribution in [0.15, 0.2) is 77.5 Å². The zero-order chi connectivity index (χ0) is 21.4. The van der Waals surface area contributed by atoms with Gasteiger partial charge in [-0.05, 0) is 48.9 Å². The summed E-state index contributed by atoms with van der Waals surface area (Å²) < 4.78 is 35.7. The molecule has 154 valence electrons. The van der Waals surface area contributed by atoms with Crippen LogP contribution in [0.1, 0.15) is 28.5 Å². The van der Waals surface area contributed by atoms with Crippen LogP contribution in [0.3, 0.4) is 0 Å². The average Bonchev–Trinajstić information content (AvgIpc) is 3.34. The predicted molar refractivity (Wildman–Crippen MR) is 114 cm³/mol. The van der Waals surface area contributed by atoms with Gasteiger partial charge in [0.2, 0.25) is 0 Å². The molecule has 3 aromatic heterocycles. The minimum Gasteiger partial charge on any atom is -0.466 e. The lowest BCUT2D eigenvalue weighted by Gasteiger charge is -2.09. The van der Waals surface area contributed by atoms with Crippen LogP contribution >= 0.6 is 0 Å². The van der Waals surface area contributed by atoms with Gasteiger partial charge in [0.05, 0.1) is 17.1 Å². The SMILES string of the molecule is Cc1ccc(Cc2cn3cc(-c4ccccc4F)nc(Cc4cccc(F)c4)c3n2)o1. The number of hydrogen-bond acceptors (Lipinski definition) is 3. The number of benzene rings is 2. The van der Waals surface area contributed by atoms with E-state index in [0.717, 1.165) is 22.8 Å². The quantitative estimate of drug-likeness (QED) is 0.367. The van der Waals surface area contributed by atoms with E-state index in [1.165, 1.54) is 18.2 Å². The summed E-state index contributed by atoms with van der Waals surface area (Å²) in [4.78, 5) is 9.46. The second-order valence-corrected chi connectivity index (χ2v) is 7.51. The molecule has 0 saturated heterocycles. The Morgan fingerprint density at radius 3 is 2.55 bits per heavy atom. The van der Waals surface area contributed by atoms with Gasteiger partial charge >= 0.3 is 0 Å². The largest absolute Gasteiger partial charge is 0.466 e. The van der Waals surface area contributed by atoms with Crippen molar-refractivity contribution in [3.63, 3.8) is 0 Å². The Labute approximate surface area is 177 Å². The van der Waals surface area contributed by atoms with Crippen molar-refractivity contribution in [1.82, 2.24) is 14.4 Å². The first-order chi connectivity index (χ1) is 15.0. The fourth-order valence-electron chi connectivity index (χ4n) is 3.71. The standard InChI is InChI=1S/C25H19F2N3O/c1-16-9-10-20(31-16)13-19-14-30-15-24(21-7-2-3-8-22(21)27)29-23(25(30)28-19)12-17-5-4-6-18(26)11-17/h2-11,14-15H,12-13H2,1H3. The van der Waals surface area contributed by atoms with Crippen molar-refractivity contribution < 1.29 is 13.2 Å². The number of aromatic nitrogens is 3. The molecule has 31 heavy (non-hydrogen) atoms. The molecule has 0 N–H and O–H groups in total. The summed E-state index contributed by atoms with van der Waals surface area (Å²) in [5, 5.41) is 0. The highest BCUT2D eigenvalue weighted by atomic mass is 19.1. The smallest absolute Gasteiger partial charge is 0.159 e. The Balaban J connectivity index is 1.62. The Kier molecular flexibility index (Phi) is 4.82. The van der Waals surface area contributed by atoms with E-state index in [4.69, 9.17) is 14.4 Å². The normalized spacial score (nSPS) is 11.3. The van der Waals surface area contributed by atoms with E-state index in [1.807, 2.05) is 35.7 Å². The minimum absolute atomic E-state index is 0.309. The number of imidazole rings is 1. The molecule has 0 aliphatic carbocycles. The molecular weight excluding hydrogens is 396 g/mol. The van der Waals surface area contributed by atoms with Gasteiger partial charge in [0.1, 0.15) is 23.2 Å². The first-order valence-electron chi connectivity index (χ1n) is 9.97. The molecule has 0 spiro atoms. The van der Waals surface area contributed by atoms with Crippen LogP contribution in [0.4, 0.5) is 8.78 Å². The fourth-order valence-corrected chi connectivity index (χ4v) is 3.71. The second kappa shape index (κ2) is 7.80. The zero-order valence-corrected chi connectivity index (χ0v) is 16.8. The third-order valence-electron chi connectivity index (χ3n) is 5.12. The topological polar surface area (TPSA) is 43.3 Å². The van der Waals surface area contributed by atoms with Gasteiger partial charge in [-0.3, -0.25) is 0 Å². The van der Waals surface area contributed by atoms with Gasteiger partial charge in [-0.2, -0.15) is 0 Å². The molecule has 0 radical (unpaired) electrons. The third kappa shape index (κ3) is 3.97. The number of halogens is 2. The molecule has 0 fully saturated rings. The average molecular weight is 415 g/mol. The summed E-state index contributed by atoms with van der Waals surface area (Å²) in [6, 6.07) is 16.7. The summed E-state index contributed by atoms with van der Waals surface area (Å²) >= 11 is 0. The van der Waals surface area contributed by atoms with Gasteiger partial charge in [0, 0.05) is 30.8 Å². The minimum atomic E-state index is -0.350. The lowest BCUT2D eigenvalue weighted by atomic mass is 10.1. The van der Waals surface area contributed by atoms with Crippen LogP contribution < -0.4 is 0 Å². The van der Waals surface area contributed by atoms with E-state index in [9.17, 15) is 8.78 Å². The van der Waals surface area contributed by atoms with E-state index in [1.54, 1.807) is 30.5 Å². The molecule has 0 atom stereocenters. The van der Waals surface area contributed by atoms with Crippen LogP contribution in [0.25, 0.3) is 16.9 Å². The first-order valence-corrected chi connectivity index (χ1v) is 9.97. The highest BCUT2D eigenvalue weighted by Crippen LogP contribution is 2.25. The maximum Gasteiger partial charge on any atom is 0.159 e. The van der Waals surface area contributed by atoms with E-state index in [-0.39, 0.29) is 11.6 Å². The molecule has 0 bridgehead atoms. The number of nitrogens with zero attached hydrogens (tertiary/aromatic N) is 3. The Morgan fingerprint density at radius 1 is 0.903 bits per heavy atom. The van der Waals surface area contributed by atoms with Crippen LogP contribution in [0.5, 0.6) is 0 Å². The molecule has 6 heteroatoms. The molecule has 0 saturated carbocycles. The first kappa shape index (κ1) is 19.2. The van der Waals surface area contributed by atoms with Crippen molar-refractivity contribution in [3.05, 3.63) is 113 Å². The van der Waals surface area contributed by atoms with Crippen molar-refractivity contribution in [2.45, 2.75) is 19.8 Å². The van der Waals surface area contributed by atoms with Gasteiger partial charge in [-0.15, -0.1) is 0 Å². The number of rotatable bonds is 5. The molecule has 4 nitrogen and oxygen atoms in total. The number of furan rings is 1. The Morgan fingerprint density at radius 2 is 1.77 bits per heavy atom. The van der Waals surface area contributed by atoms with Gasteiger partial charge in [0.15, 0.2) is 5.65 Å². The molecule has 2 aromatic carbocycles.